The van der Waals surface area contributed by atoms with Crippen molar-refractivity contribution in [3.63, 3.8) is 0 Å². The summed E-state index contributed by atoms with van der Waals surface area (Å²) < 4.78 is 10.9. The average Bonchev–Trinajstić information content (AvgIpc) is 2.20. The lowest BCUT2D eigenvalue weighted by Crippen LogP contribution is -2.10. The largest absolute Gasteiger partial charge is 0.493 e. The Morgan fingerprint density at radius 3 is 2.64 bits per heavy atom. The number of thiol groups is 1. The van der Waals surface area contributed by atoms with E-state index in [0.717, 1.165) is 22.8 Å². The minimum atomic E-state index is 0.203. The van der Waals surface area contributed by atoms with Gasteiger partial charge in [-0.05, 0) is 31.5 Å². The van der Waals surface area contributed by atoms with Crippen LogP contribution in [0.25, 0.3) is 0 Å². The molecule has 14 heavy (non-hydrogen) atoms. The van der Waals surface area contributed by atoms with E-state index in [1.807, 2.05) is 25.1 Å². The van der Waals surface area contributed by atoms with Crippen LogP contribution in [0.3, 0.4) is 0 Å². The molecule has 3 heteroatoms. The fourth-order valence-electron chi connectivity index (χ4n) is 1.05. The van der Waals surface area contributed by atoms with Crippen LogP contribution in [0.15, 0.2) is 23.1 Å². The van der Waals surface area contributed by atoms with Gasteiger partial charge < -0.3 is 9.47 Å². The van der Waals surface area contributed by atoms with Gasteiger partial charge in [-0.2, -0.15) is 0 Å². The summed E-state index contributed by atoms with van der Waals surface area (Å²) in [4.78, 5) is 0.873. The summed E-state index contributed by atoms with van der Waals surface area (Å²) >= 11 is 4.23. The normalized spacial score (nSPS) is 12.3. The molecule has 1 aromatic carbocycles. The van der Waals surface area contributed by atoms with Crippen LogP contribution in [0.5, 0.6) is 11.5 Å². The van der Waals surface area contributed by atoms with Crippen LogP contribution in [-0.2, 0) is 0 Å². The lowest BCUT2D eigenvalue weighted by atomic mass is 10.3. The van der Waals surface area contributed by atoms with Gasteiger partial charge in [0.25, 0.3) is 0 Å². The van der Waals surface area contributed by atoms with Crippen molar-refractivity contribution >= 4 is 12.6 Å². The van der Waals surface area contributed by atoms with E-state index in [0.29, 0.717) is 0 Å². The molecule has 1 unspecified atom stereocenters. The van der Waals surface area contributed by atoms with E-state index >= 15 is 0 Å². The van der Waals surface area contributed by atoms with Crippen LogP contribution in [0.4, 0.5) is 0 Å². The van der Waals surface area contributed by atoms with E-state index in [9.17, 15) is 0 Å². The Morgan fingerprint density at radius 2 is 2.07 bits per heavy atom. The Kier molecular flexibility index (Phi) is 4.14. The number of methoxy groups -OCH3 is 1. The molecule has 1 rings (SSSR count). The molecule has 0 N–H and O–H groups in total. The fraction of sp³-hybridized carbons (Fsp3) is 0.455. The summed E-state index contributed by atoms with van der Waals surface area (Å²) in [6.07, 6.45) is 1.18. The first-order chi connectivity index (χ1) is 6.67. The fourth-order valence-corrected chi connectivity index (χ4v) is 1.25. The molecule has 78 valence electrons. The molecule has 0 saturated heterocycles. The van der Waals surface area contributed by atoms with E-state index < -0.39 is 0 Å². The number of rotatable bonds is 4. The highest BCUT2D eigenvalue weighted by Crippen LogP contribution is 2.30. The molecule has 0 aliphatic heterocycles. The number of hydrogen-bond donors (Lipinski definition) is 1. The van der Waals surface area contributed by atoms with Crippen LogP contribution in [0, 0.1) is 0 Å². The predicted octanol–water partition coefficient (Wildman–Crippen LogP) is 3.16. The summed E-state index contributed by atoms with van der Waals surface area (Å²) in [5.41, 5.74) is 0. The zero-order chi connectivity index (χ0) is 10.6. The van der Waals surface area contributed by atoms with Crippen molar-refractivity contribution in [3.05, 3.63) is 18.2 Å². The van der Waals surface area contributed by atoms with E-state index in [-0.39, 0.29) is 6.10 Å². The monoisotopic (exact) mass is 212 g/mol. The maximum atomic E-state index is 5.68. The van der Waals surface area contributed by atoms with Gasteiger partial charge in [-0.25, -0.2) is 0 Å². The lowest BCUT2D eigenvalue weighted by molar-refractivity contribution is 0.207. The van der Waals surface area contributed by atoms with Gasteiger partial charge >= 0.3 is 0 Å². The molecule has 0 spiro atoms. The molecular weight excluding hydrogens is 196 g/mol. The van der Waals surface area contributed by atoms with Crippen LogP contribution >= 0.6 is 12.6 Å². The molecule has 0 saturated carbocycles. The zero-order valence-electron chi connectivity index (χ0n) is 8.78. The van der Waals surface area contributed by atoms with Gasteiger partial charge in [-0.15, -0.1) is 12.6 Å². The molecular formula is C11H16O2S. The Bertz CT molecular complexity index is 299. The predicted molar refractivity (Wildman–Crippen MR) is 60.6 cm³/mol. The number of ether oxygens (including phenoxy) is 2. The van der Waals surface area contributed by atoms with Crippen molar-refractivity contribution in [2.24, 2.45) is 0 Å². The van der Waals surface area contributed by atoms with E-state index in [1.165, 1.54) is 0 Å². The van der Waals surface area contributed by atoms with E-state index in [4.69, 9.17) is 9.47 Å². The Morgan fingerprint density at radius 1 is 1.36 bits per heavy atom. The molecule has 1 aromatic rings. The maximum absolute atomic E-state index is 5.68. The molecule has 0 radical (unpaired) electrons. The summed E-state index contributed by atoms with van der Waals surface area (Å²) in [6.45, 7) is 4.12. The van der Waals surface area contributed by atoms with Gasteiger partial charge in [-0.3, -0.25) is 0 Å². The standard InChI is InChI=1S/C11H16O2S/c1-4-8(2)13-10-6-5-9(14)7-11(10)12-3/h5-8,14H,4H2,1-3H3. The summed E-state index contributed by atoms with van der Waals surface area (Å²) in [7, 11) is 1.63. The summed E-state index contributed by atoms with van der Waals surface area (Å²) in [5, 5.41) is 0. The Labute approximate surface area is 90.6 Å². The van der Waals surface area contributed by atoms with Gasteiger partial charge in [0, 0.05) is 4.90 Å². The summed E-state index contributed by atoms with van der Waals surface area (Å²) in [5.74, 6) is 1.51. The highest BCUT2D eigenvalue weighted by atomic mass is 32.1. The van der Waals surface area contributed by atoms with Crippen molar-refractivity contribution in [1.82, 2.24) is 0 Å². The molecule has 2 nitrogen and oxygen atoms in total. The second kappa shape index (κ2) is 5.15. The first-order valence-corrected chi connectivity index (χ1v) is 5.15. The third kappa shape index (κ3) is 2.84. The third-order valence-electron chi connectivity index (χ3n) is 2.05. The van der Waals surface area contributed by atoms with Gasteiger partial charge in [-0.1, -0.05) is 6.92 Å². The zero-order valence-corrected chi connectivity index (χ0v) is 9.67. The number of benzene rings is 1. The molecule has 0 aromatic heterocycles. The topological polar surface area (TPSA) is 18.5 Å². The minimum absolute atomic E-state index is 0.203. The smallest absolute Gasteiger partial charge is 0.161 e. The third-order valence-corrected chi connectivity index (χ3v) is 2.33. The van der Waals surface area contributed by atoms with Crippen molar-refractivity contribution in [1.29, 1.82) is 0 Å². The second-order valence-electron chi connectivity index (χ2n) is 3.17. The average molecular weight is 212 g/mol. The second-order valence-corrected chi connectivity index (χ2v) is 3.69. The van der Waals surface area contributed by atoms with Gasteiger partial charge in [0.1, 0.15) is 0 Å². The molecule has 1 atom stereocenters. The SMILES string of the molecule is CCC(C)Oc1ccc(S)cc1OC. The summed E-state index contributed by atoms with van der Waals surface area (Å²) in [6, 6.07) is 5.62. The lowest BCUT2D eigenvalue weighted by Gasteiger charge is -2.15. The highest BCUT2D eigenvalue weighted by molar-refractivity contribution is 7.80. The molecule has 0 aliphatic rings. The first kappa shape index (κ1) is 11.2. The van der Waals surface area contributed by atoms with E-state index in [2.05, 4.69) is 19.6 Å². The van der Waals surface area contributed by atoms with Gasteiger partial charge in [0.05, 0.1) is 13.2 Å². The quantitative estimate of drug-likeness (QED) is 0.773. The molecule has 0 amide bonds. The van der Waals surface area contributed by atoms with Crippen LogP contribution in [-0.4, -0.2) is 13.2 Å². The number of hydrogen-bond acceptors (Lipinski definition) is 3. The van der Waals surface area contributed by atoms with Crippen molar-refractivity contribution in [3.8, 4) is 11.5 Å². The van der Waals surface area contributed by atoms with Gasteiger partial charge in [0.15, 0.2) is 11.5 Å². The highest BCUT2D eigenvalue weighted by Gasteiger charge is 2.07. The van der Waals surface area contributed by atoms with E-state index in [1.54, 1.807) is 7.11 Å². The minimum Gasteiger partial charge on any atom is -0.493 e. The van der Waals surface area contributed by atoms with Crippen LogP contribution < -0.4 is 9.47 Å². The maximum Gasteiger partial charge on any atom is 0.161 e. The van der Waals surface area contributed by atoms with Gasteiger partial charge in [0.2, 0.25) is 0 Å². The molecule has 0 fully saturated rings. The van der Waals surface area contributed by atoms with Crippen molar-refractivity contribution in [2.45, 2.75) is 31.3 Å². The Balaban J connectivity index is 2.85. The molecule has 0 heterocycles. The Hall–Kier alpha value is -0.830. The molecule has 0 bridgehead atoms. The first-order valence-electron chi connectivity index (χ1n) is 4.71. The molecule has 0 aliphatic carbocycles. The van der Waals surface area contributed by atoms with Crippen molar-refractivity contribution < 1.29 is 9.47 Å². The van der Waals surface area contributed by atoms with Crippen LogP contribution in [0.2, 0.25) is 0 Å². The van der Waals surface area contributed by atoms with Crippen LogP contribution in [0.1, 0.15) is 20.3 Å². The van der Waals surface area contributed by atoms with Crippen molar-refractivity contribution in [2.75, 3.05) is 7.11 Å².